The van der Waals surface area contributed by atoms with Crippen LogP contribution in [0.1, 0.15) is 80.5 Å². The summed E-state index contributed by atoms with van der Waals surface area (Å²) in [6.45, 7) is 8.99. The molecule has 1 aromatic carbocycles. The molecule has 2 aromatic heterocycles. The molecule has 0 spiro atoms. The van der Waals surface area contributed by atoms with Crippen molar-refractivity contribution in [3.8, 4) is 0 Å². The quantitative estimate of drug-likeness (QED) is 0.216. The summed E-state index contributed by atoms with van der Waals surface area (Å²) in [5.74, 6) is -3.30. The molecule has 3 rings (SSSR count). The van der Waals surface area contributed by atoms with Crippen molar-refractivity contribution >= 4 is 45.7 Å². The van der Waals surface area contributed by atoms with Crippen LogP contribution >= 0.6 is 11.3 Å². The maximum absolute atomic E-state index is 13.0. The number of fused-ring (bicyclic) bond motifs is 1. The van der Waals surface area contributed by atoms with Gasteiger partial charge in [-0.1, -0.05) is 46.2 Å². The van der Waals surface area contributed by atoms with Gasteiger partial charge in [0.2, 0.25) is 5.91 Å². The molecule has 7 N–H and O–H groups in total. The smallest absolute Gasteiger partial charge is 0.475 e. The molecule has 2 amide bonds. The number of amides is 2. The predicted octanol–water partition coefficient (Wildman–Crippen LogP) is 4.90. The van der Waals surface area contributed by atoms with E-state index in [2.05, 4.69) is 47.4 Å². The van der Waals surface area contributed by atoms with E-state index in [9.17, 15) is 22.8 Å². The average Bonchev–Trinajstić information content (AvgIpc) is 3.41. The van der Waals surface area contributed by atoms with Gasteiger partial charge in [0.15, 0.2) is 0 Å². The first-order valence-electron chi connectivity index (χ1n) is 13.3. The van der Waals surface area contributed by atoms with E-state index in [4.69, 9.17) is 21.4 Å². The van der Waals surface area contributed by atoms with E-state index in [1.807, 2.05) is 25.1 Å². The number of halogens is 3. The van der Waals surface area contributed by atoms with Gasteiger partial charge in [-0.2, -0.15) is 13.2 Å². The van der Waals surface area contributed by atoms with Crippen LogP contribution in [-0.4, -0.2) is 51.6 Å². The Morgan fingerprint density at radius 1 is 1.14 bits per heavy atom. The van der Waals surface area contributed by atoms with Gasteiger partial charge in [0.25, 0.3) is 5.91 Å². The van der Waals surface area contributed by atoms with E-state index in [0.29, 0.717) is 42.2 Å². The van der Waals surface area contributed by atoms with Crippen LogP contribution in [0, 0.1) is 0 Å². The molecule has 3 aromatic rings. The van der Waals surface area contributed by atoms with E-state index in [0.717, 1.165) is 22.9 Å². The van der Waals surface area contributed by atoms with Gasteiger partial charge in [-0.3, -0.25) is 14.6 Å². The second kappa shape index (κ2) is 15.0. The van der Waals surface area contributed by atoms with E-state index < -0.39 is 18.2 Å². The molecule has 0 aliphatic rings. The molecule has 14 heteroatoms. The zero-order valence-corrected chi connectivity index (χ0v) is 24.7. The molecule has 0 unspecified atom stereocenters. The lowest BCUT2D eigenvalue weighted by molar-refractivity contribution is -0.192. The van der Waals surface area contributed by atoms with Gasteiger partial charge < -0.3 is 27.2 Å². The third-order valence-electron chi connectivity index (χ3n) is 6.04. The van der Waals surface area contributed by atoms with Crippen LogP contribution in [0.25, 0.3) is 10.9 Å². The van der Waals surface area contributed by atoms with Crippen LogP contribution < -0.4 is 22.1 Å². The highest BCUT2D eigenvalue weighted by atomic mass is 32.1. The van der Waals surface area contributed by atoms with Gasteiger partial charge in [0, 0.05) is 10.8 Å². The number of hydrogen-bond acceptors (Lipinski definition) is 8. The van der Waals surface area contributed by atoms with Crippen LogP contribution in [0.15, 0.2) is 35.8 Å². The summed E-state index contributed by atoms with van der Waals surface area (Å²) in [6, 6.07) is 7.11. The maximum Gasteiger partial charge on any atom is 0.490 e. The van der Waals surface area contributed by atoms with Crippen molar-refractivity contribution in [3.63, 3.8) is 0 Å². The topological polar surface area (TPSA) is 173 Å². The minimum absolute atomic E-state index is 0.0563. The maximum atomic E-state index is 13.0. The van der Waals surface area contributed by atoms with Crippen molar-refractivity contribution in [1.82, 2.24) is 15.3 Å². The number of anilines is 1. The predicted molar refractivity (Wildman–Crippen MR) is 156 cm³/mol. The lowest BCUT2D eigenvalue weighted by Gasteiger charge is -2.21. The number of aromatic nitrogens is 2. The third-order valence-corrected chi connectivity index (χ3v) is 7.00. The van der Waals surface area contributed by atoms with Crippen molar-refractivity contribution in [3.05, 3.63) is 52.1 Å². The molecule has 0 radical (unpaired) electrons. The third kappa shape index (κ3) is 10.0. The summed E-state index contributed by atoms with van der Waals surface area (Å²) in [5, 5.41) is 16.4. The van der Waals surface area contributed by atoms with Crippen LogP contribution in [-0.2, 0) is 15.0 Å². The molecule has 0 saturated heterocycles. The summed E-state index contributed by atoms with van der Waals surface area (Å²) in [5.41, 5.74) is 14.4. The lowest BCUT2D eigenvalue weighted by atomic mass is 9.84. The highest BCUT2D eigenvalue weighted by Crippen LogP contribution is 2.31. The molecule has 10 nitrogen and oxygen atoms in total. The number of rotatable bonds is 10. The van der Waals surface area contributed by atoms with E-state index in [1.165, 1.54) is 11.3 Å². The van der Waals surface area contributed by atoms with Crippen molar-refractivity contribution < 1.29 is 32.7 Å². The highest BCUT2D eigenvalue weighted by molar-refractivity contribution is 7.10. The number of thiazole rings is 1. The fraction of sp³-hybridized carbons (Fsp3) is 0.464. The number of nitrogens with one attached hydrogen (secondary N) is 2. The number of benzene rings is 1. The first-order chi connectivity index (χ1) is 19.6. The first kappa shape index (κ1) is 34.6. The minimum Gasteiger partial charge on any atom is -0.475 e. The van der Waals surface area contributed by atoms with Gasteiger partial charge in [-0.05, 0) is 48.9 Å². The number of carboxylic acid groups (broad SMARTS) is 1. The summed E-state index contributed by atoms with van der Waals surface area (Å²) >= 11 is 1.35. The van der Waals surface area contributed by atoms with Crippen LogP contribution in [0.5, 0.6) is 0 Å². The normalized spacial score (nSPS) is 13.1. The Kier molecular flexibility index (Phi) is 12.4. The van der Waals surface area contributed by atoms with Crippen LogP contribution in [0.3, 0.4) is 0 Å². The number of nitrogens with zero attached hydrogens (tertiary/aromatic N) is 2. The molecule has 42 heavy (non-hydrogen) atoms. The SMILES string of the molecule is CCC[C@@H](NC(=O)[C@H](N)CCCN)c1nc(C(=O)Nc2cnc3cccc(C(C)(C)C)c3c2)cs1.O=C(O)C(F)(F)F. The van der Waals surface area contributed by atoms with E-state index >= 15 is 0 Å². The number of alkyl halides is 3. The fourth-order valence-corrected chi connectivity index (χ4v) is 4.80. The Bertz CT molecular complexity index is 1370. The number of aliphatic carboxylic acids is 1. The Labute approximate surface area is 246 Å². The number of carbonyl (C=O) groups excluding carboxylic acids is 2. The molecule has 2 heterocycles. The van der Waals surface area contributed by atoms with Gasteiger partial charge in [-0.15, -0.1) is 11.3 Å². The molecule has 2 atom stereocenters. The van der Waals surface area contributed by atoms with Gasteiger partial charge in [-0.25, -0.2) is 9.78 Å². The van der Waals surface area contributed by atoms with Gasteiger partial charge in [0.05, 0.1) is 29.5 Å². The number of hydrogen-bond donors (Lipinski definition) is 5. The summed E-state index contributed by atoms with van der Waals surface area (Å²) < 4.78 is 31.7. The largest absolute Gasteiger partial charge is 0.490 e. The minimum atomic E-state index is -5.08. The fourth-order valence-electron chi connectivity index (χ4n) is 3.91. The molecular formula is C28H37F3N6O4S. The highest BCUT2D eigenvalue weighted by Gasteiger charge is 2.38. The Morgan fingerprint density at radius 2 is 1.81 bits per heavy atom. The first-order valence-corrected chi connectivity index (χ1v) is 14.2. The lowest BCUT2D eigenvalue weighted by Crippen LogP contribution is -2.42. The summed E-state index contributed by atoms with van der Waals surface area (Å²) in [4.78, 5) is 43.4. The summed E-state index contributed by atoms with van der Waals surface area (Å²) in [7, 11) is 0. The second-order valence-corrected chi connectivity index (χ2v) is 11.5. The molecule has 0 fully saturated rings. The number of carbonyl (C=O) groups is 3. The molecular weight excluding hydrogens is 573 g/mol. The van der Waals surface area contributed by atoms with Crippen molar-refractivity contribution in [2.75, 3.05) is 11.9 Å². The van der Waals surface area contributed by atoms with E-state index in [1.54, 1.807) is 11.6 Å². The van der Waals surface area contributed by atoms with Crippen molar-refractivity contribution in [1.29, 1.82) is 0 Å². The number of nitrogens with two attached hydrogens (primary N) is 2. The molecule has 230 valence electrons. The van der Waals surface area contributed by atoms with Gasteiger partial charge >= 0.3 is 12.1 Å². The van der Waals surface area contributed by atoms with Crippen molar-refractivity contribution in [2.24, 2.45) is 11.5 Å². The zero-order valence-electron chi connectivity index (χ0n) is 23.9. The monoisotopic (exact) mass is 610 g/mol. The number of pyridine rings is 1. The Balaban J connectivity index is 0.000000782. The van der Waals surface area contributed by atoms with Crippen LogP contribution in [0.4, 0.5) is 18.9 Å². The Hall–Kier alpha value is -3.62. The Morgan fingerprint density at radius 3 is 2.38 bits per heavy atom. The standard InChI is InChI=1S/C26H36N6O2S.C2HF3O2/c1-5-8-21(31-23(33)19(28)10-7-12-27)25-32-22(15-35-25)24(34)30-16-13-17-18(26(2,3)4)9-6-11-20(17)29-14-16;3-2(4,5)1(6)7/h6,9,11,13-15,19,21H,5,7-8,10,12,27-28H2,1-4H3,(H,30,34)(H,31,33);(H,6,7)/t19-,21-;/m1./s1. The molecule has 0 bridgehead atoms. The zero-order chi connectivity index (χ0) is 31.7. The number of carboxylic acids is 1. The molecule has 0 aliphatic heterocycles. The molecule has 0 saturated carbocycles. The van der Waals surface area contributed by atoms with Crippen LogP contribution in [0.2, 0.25) is 0 Å². The second-order valence-electron chi connectivity index (χ2n) is 10.6. The van der Waals surface area contributed by atoms with Gasteiger partial charge in [0.1, 0.15) is 10.7 Å². The van der Waals surface area contributed by atoms with Crippen molar-refractivity contribution in [2.45, 2.75) is 77.1 Å². The van der Waals surface area contributed by atoms with E-state index in [-0.39, 0.29) is 23.3 Å². The average molecular weight is 611 g/mol. The molecule has 0 aliphatic carbocycles. The summed E-state index contributed by atoms with van der Waals surface area (Å²) in [6.07, 6.45) is -0.654.